The summed E-state index contributed by atoms with van der Waals surface area (Å²) >= 11 is 0. The van der Waals surface area contributed by atoms with Crippen LogP contribution < -0.4 is 22.9 Å². The Kier molecular flexibility index (Phi) is 13.3. The van der Waals surface area contributed by atoms with Crippen molar-refractivity contribution in [1.29, 1.82) is 0 Å². The van der Waals surface area contributed by atoms with Gasteiger partial charge < -0.3 is 38.6 Å². The number of benzene rings is 1. The maximum atomic E-state index is 8.78. The van der Waals surface area contributed by atoms with Crippen molar-refractivity contribution in [3.8, 4) is 0 Å². The lowest BCUT2D eigenvalue weighted by Crippen LogP contribution is -2.03. The summed E-state index contributed by atoms with van der Waals surface area (Å²) in [5.74, 6) is 0. The third-order valence-electron chi connectivity index (χ3n) is 0.996. The molecule has 0 unspecified atom stereocenters. The van der Waals surface area contributed by atoms with Crippen LogP contribution in [0.15, 0.2) is 24.3 Å². The molecule has 9 nitrogen and oxygen atoms in total. The molecule has 9 heteroatoms. The van der Waals surface area contributed by atoms with Crippen molar-refractivity contribution in [2.24, 2.45) is 11.5 Å². The van der Waals surface area contributed by atoms with Gasteiger partial charge in [0.2, 0.25) is 0 Å². The minimum absolute atomic E-state index is 0. The minimum atomic E-state index is -1.33. The van der Waals surface area contributed by atoms with E-state index in [1.165, 1.54) is 0 Å². The maximum absolute atomic E-state index is 8.78. The molecule has 0 aliphatic carbocycles. The number of para-hydroxylation sites is 2. The van der Waals surface area contributed by atoms with Gasteiger partial charge in [0.25, 0.3) is 0 Å². The van der Waals surface area contributed by atoms with Crippen LogP contribution >= 0.6 is 0 Å². The Bertz CT molecular complexity index is 303. The van der Waals surface area contributed by atoms with Crippen molar-refractivity contribution in [1.82, 2.24) is 0 Å². The van der Waals surface area contributed by atoms with Gasteiger partial charge in [-0.05, 0) is 12.1 Å². The van der Waals surface area contributed by atoms with Crippen molar-refractivity contribution >= 4 is 23.6 Å². The lowest BCUT2D eigenvalue weighted by molar-refractivity contribution is 0.204. The highest BCUT2D eigenvalue weighted by molar-refractivity contribution is 5.62. The molecule has 17 heavy (non-hydrogen) atoms. The van der Waals surface area contributed by atoms with Crippen LogP contribution in [0.4, 0.5) is 21.0 Å². The monoisotopic (exact) mass is 248 g/mol. The summed E-state index contributed by atoms with van der Waals surface area (Å²) in [5.41, 5.74) is 20.1. The molecule has 1 aromatic carbocycles. The number of amides is 2. The standard InChI is InChI=1S/C6H8N2.2CH3NO2.H2O/c7-5-3-1-2-4-6(5)8;2*2-1(3)4;/h1-4H,7-8H2;2*2H2,(H,3,4);1H2. The SMILES string of the molecule is NC(=O)O.NC(=O)O.Nc1ccccc1N.O. The van der Waals surface area contributed by atoms with Crippen LogP contribution in [0.25, 0.3) is 0 Å². The molecular weight excluding hydrogens is 232 g/mol. The van der Waals surface area contributed by atoms with Gasteiger partial charge in [0, 0.05) is 0 Å². The number of primary amides is 2. The molecule has 0 heterocycles. The minimum Gasteiger partial charge on any atom is -0.465 e. The summed E-state index contributed by atoms with van der Waals surface area (Å²) in [6, 6.07) is 7.25. The Morgan fingerprint density at radius 1 is 0.882 bits per heavy atom. The quantitative estimate of drug-likeness (QED) is 0.325. The Morgan fingerprint density at radius 2 is 1.06 bits per heavy atom. The smallest absolute Gasteiger partial charge is 0.402 e. The first-order valence-corrected chi connectivity index (χ1v) is 3.84. The van der Waals surface area contributed by atoms with Gasteiger partial charge in [0.05, 0.1) is 11.4 Å². The number of nitrogen functional groups attached to an aromatic ring is 2. The molecular formula is C8H16N4O5. The Morgan fingerprint density at radius 3 is 1.18 bits per heavy atom. The van der Waals surface area contributed by atoms with Crippen LogP contribution in [0.5, 0.6) is 0 Å². The molecule has 0 radical (unpaired) electrons. The lowest BCUT2D eigenvalue weighted by Gasteiger charge is -1.94. The van der Waals surface area contributed by atoms with Gasteiger partial charge in [-0.25, -0.2) is 9.59 Å². The summed E-state index contributed by atoms with van der Waals surface area (Å²) in [6.45, 7) is 0. The zero-order valence-electron chi connectivity index (χ0n) is 8.83. The average molecular weight is 248 g/mol. The average Bonchev–Trinajstić information content (AvgIpc) is 2.08. The third-order valence-corrected chi connectivity index (χ3v) is 0.996. The van der Waals surface area contributed by atoms with Crippen LogP contribution in [-0.4, -0.2) is 27.9 Å². The zero-order valence-corrected chi connectivity index (χ0v) is 8.83. The second-order valence-corrected chi connectivity index (χ2v) is 2.31. The summed E-state index contributed by atoms with van der Waals surface area (Å²) in [7, 11) is 0. The number of hydrogen-bond donors (Lipinski definition) is 6. The molecule has 0 bridgehead atoms. The fourth-order valence-corrected chi connectivity index (χ4v) is 0.511. The molecule has 2 amide bonds. The van der Waals surface area contributed by atoms with E-state index in [-0.39, 0.29) is 5.48 Å². The number of carbonyl (C=O) groups is 2. The summed E-state index contributed by atoms with van der Waals surface area (Å²) in [5, 5.41) is 14.4. The van der Waals surface area contributed by atoms with Crippen molar-refractivity contribution in [2.45, 2.75) is 0 Å². The molecule has 0 aliphatic rings. The van der Waals surface area contributed by atoms with Gasteiger partial charge in [-0.15, -0.1) is 0 Å². The van der Waals surface area contributed by atoms with E-state index in [2.05, 4.69) is 11.5 Å². The largest absolute Gasteiger partial charge is 0.465 e. The predicted octanol–water partition coefficient (Wildman–Crippen LogP) is -0.727. The van der Waals surface area contributed by atoms with Crippen LogP contribution in [0.3, 0.4) is 0 Å². The molecule has 0 aliphatic heterocycles. The molecule has 0 spiro atoms. The van der Waals surface area contributed by atoms with E-state index in [0.717, 1.165) is 0 Å². The number of nitrogens with two attached hydrogens (primary N) is 4. The van der Waals surface area contributed by atoms with Gasteiger partial charge in [-0.2, -0.15) is 0 Å². The first kappa shape index (κ1) is 19.8. The van der Waals surface area contributed by atoms with E-state index in [4.69, 9.17) is 31.3 Å². The highest BCUT2D eigenvalue weighted by Gasteiger charge is 1.85. The van der Waals surface area contributed by atoms with Crippen LogP contribution in [0.1, 0.15) is 0 Å². The summed E-state index contributed by atoms with van der Waals surface area (Å²) in [6.07, 6.45) is -2.67. The van der Waals surface area contributed by atoms with Gasteiger partial charge >= 0.3 is 12.2 Å². The molecule has 1 rings (SSSR count). The van der Waals surface area contributed by atoms with E-state index < -0.39 is 12.2 Å². The topological polar surface area (TPSA) is 210 Å². The highest BCUT2D eigenvalue weighted by Crippen LogP contribution is 2.10. The molecule has 0 atom stereocenters. The molecule has 98 valence electrons. The zero-order chi connectivity index (χ0) is 13.1. The molecule has 0 fully saturated rings. The number of hydrogen-bond acceptors (Lipinski definition) is 4. The van der Waals surface area contributed by atoms with Crippen molar-refractivity contribution < 1.29 is 25.3 Å². The lowest BCUT2D eigenvalue weighted by atomic mass is 10.3. The van der Waals surface area contributed by atoms with E-state index in [9.17, 15) is 0 Å². The number of rotatable bonds is 0. The number of anilines is 2. The molecule has 12 N–H and O–H groups in total. The summed E-state index contributed by atoms with van der Waals surface area (Å²) < 4.78 is 0. The van der Waals surface area contributed by atoms with Gasteiger partial charge in [0.15, 0.2) is 0 Å². The van der Waals surface area contributed by atoms with Crippen molar-refractivity contribution in [3.05, 3.63) is 24.3 Å². The first-order chi connectivity index (χ1) is 7.27. The first-order valence-electron chi connectivity index (χ1n) is 3.84. The normalized spacial score (nSPS) is 7.06. The Balaban J connectivity index is -0.000000189. The van der Waals surface area contributed by atoms with E-state index >= 15 is 0 Å². The van der Waals surface area contributed by atoms with Crippen molar-refractivity contribution in [2.75, 3.05) is 11.5 Å². The maximum Gasteiger partial charge on any atom is 0.402 e. The van der Waals surface area contributed by atoms with Crippen LogP contribution in [0.2, 0.25) is 0 Å². The molecule has 0 aromatic heterocycles. The van der Waals surface area contributed by atoms with Gasteiger partial charge in [-0.3, -0.25) is 0 Å². The van der Waals surface area contributed by atoms with Gasteiger partial charge in [0.1, 0.15) is 0 Å². The van der Waals surface area contributed by atoms with Gasteiger partial charge in [-0.1, -0.05) is 12.1 Å². The number of carboxylic acid groups (broad SMARTS) is 2. The fraction of sp³-hybridized carbons (Fsp3) is 0. The predicted molar refractivity (Wildman–Crippen MR) is 63.3 cm³/mol. The van der Waals surface area contributed by atoms with Crippen LogP contribution in [0, 0.1) is 0 Å². The second-order valence-electron chi connectivity index (χ2n) is 2.31. The molecule has 1 aromatic rings. The molecule has 0 saturated heterocycles. The Labute approximate surface area is 96.9 Å². The van der Waals surface area contributed by atoms with Crippen molar-refractivity contribution in [3.63, 3.8) is 0 Å². The van der Waals surface area contributed by atoms with Crippen LogP contribution in [-0.2, 0) is 0 Å². The highest BCUT2D eigenvalue weighted by atomic mass is 16.4. The van der Waals surface area contributed by atoms with E-state index in [1.807, 2.05) is 12.1 Å². The fourth-order valence-electron chi connectivity index (χ4n) is 0.511. The molecule has 0 saturated carbocycles. The Hall–Kier alpha value is -2.68. The summed E-state index contributed by atoms with van der Waals surface area (Å²) in [4.78, 5) is 17.6. The van der Waals surface area contributed by atoms with E-state index in [1.54, 1.807) is 12.1 Å². The van der Waals surface area contributed by atoms with E-state index in [0.29, 0.717) is 11.4 Å². The second kappa shape index (κ2) is 11.4. The third kappa shape index (κ3) is 24.7.